The molecule has 0 bridgehead atoms. The number of furan rings is 1. The third kappa shape index (κ3) is 5.18. The lowest BCUT2D eigenvalue weighted by Gasteiger charge is -2.08. The molecule has 0 saturated carbocycles. The van der Waals surface area contributed by atoms with Gasteiger partial charge in [0.1, 0.15) is 11.3 Å². The summed E-state index contributed by atoms with van der Waals surface area (Å²) in [6.45, 7) is 4.08. The maximum absolute atomic E-state index is 12.6. The van der Waals surface area contributed by atoms with Gasteiger partial charge in [-0.3, -0.25) is 10.1 Å². The van der Waals surface area contributed by atoms with Crippen molar-refractivity contribution in [1.82, 2.24) is 10.3 Å². The number of rotatable bonds is 4. The van der Waals surface area contributed by atoms with Crippen LogP contribution in [0.2, 0.25) is 0 Å². The number of nitrogens with one attached hydrogen (secondary N) is 2. The topological polar surface area (TPSA) is 80.3 Å². The second kappa shape index (κ2) is 9.48. The molecule has 3 aromatic carbocycles. The molecule has 5 aromatic rings. The van der Waals surface area contributed by atoms with Crippen LogP contribution in [-0.2, 0) is 0 Å². The number of hydrogen-bond acceptors (Lipinski definition) is 5. The predicted molar refractivity (Wildman–Crippen MR) is 144 cm³/mol. The average molecular weight is 546 g/mol. The van der Waals surface area contributed by atoms with Crippen molar-refractivity contribution in [2.24, 2.45) is 0 Å². The second-order valence-electron chi connectivity index (χ2n) is 8.16. The molecule has 0 radical (unpaired) electrons. The molecule has 0 spiro atoms. The number of nitrogens with zero attached hydrogens (tertiary/aromatic N) is 1. The SMILES string of the molecule is Cc1cc(C)cc(-c2nc3cc(NC(=S)NC(=O)c4ccc(-c5ccc(Br)cc5)o4)ccc3o2)c1. The summed E-state index contributed by atoms with van der Waals surface area (Å²) in [6, 6.07) is 22.6. The Morgan fingerprint density at radius 1 is 0.886 bits per heavy atom. The molecule has 0 aliphatic rings. The minimum atomic E-state index is -0.439. The van der Waals surface area contributed by atoms with Crippen molar-refractivity contribution in [3.8, 4) is 22.8 Å². The van der Waals surface area contributed by atoms with Crippen LogP contribution in [0, 0.1) is 13.8 Å². The monoisotopic (exact) mass is 545 g/mol. The molecule has 0 saturated heterocycles. The molecule has 2 N–H and O–H groups in total. The Balaban J connectivity index is 1.27. The van der Waals surface area contributed by atoms with E-state index in [0.29, 0.717) is 28.4 Å². The molecular formula is C27H20BrN3O3S. The molecular weight excluding hydrogens is 526 g/mol. The molecule has 6 nitrogen and oxygen atoms in total. The average Bonchev–Trinajstić information content (AvgIpc) is 3.46. The van der Waals surface area contributed by atoms with Gasteiger partial charge in [-0.2, -0.15) is 0 Å². The molecule has 35 heavy (non-hydrogen) atoms. The van der Waals surface area contributed by atoms with Crippen molar-refractivity contribution in [1.29, 1.82) is 0 Å². The maximum Gasteiger partial charge on any atom is 0.293 e. The van der Waals surface area contributed by atoms with Crippen molar-refractivity contribution in [3.63, 3.8) is 0 Å². The number of halogens is 1. The molecule has 2 aromatic heterocycles. The highest BCUT2D eigenvalue weighted by Crippen LogP contribution is 2.28. The summed E-state index contributed by atoms with van der Waals surface area (Å²) in [5, 5.41) is 5.81. The quantitative estimate of drug-likeness (QED) is 0.231. The predicted octanol–water partition coefficient (Wildman–Crippen LogP) is 7.26. The summed E-state index contributed by atoms with van der Waals surface area (Å²) in [7, 11) is 0. The summed E-state index contributed by atoms with van der Waals surface area (Å²) < 4.78 is 12.6. The molecule has 0 aliphatic heterocycles. The van der Waals surface area contributed by atoms with E-state index in [1.807, 2.05) is 68.4 Å². The third-order valence-electron chi connectivity index (χ3n) is 5.30. The first-order valence-corrected chi connectivity index (χ1v) is 12.0. The minimum Gasteiger partial charge on any atom is -0.451 e. The number of hydrogen-bond donors (Lipinski definition) is 2. The van der Waals surface area contributed by atoms with Crippen LogP contribution >= 0.6 is 28.1 Å². The van der Waals surface area contributed by atoms with Gasteiger partial charge in [-0.25, -0.2) is 4.98 Å². The van der Waals surface area contributed by atoms with Gasteiger partial charge in [-0.15, -0.1) is 0 Å². The van der Waals surface area contributed by atoms with E-state index in [1.54, 1.807) is 12.1 Å². The molecule has 0 fully saturated rings. The number of amides is 1. The Morgan fingerprint density at radius 3 is 2.37 bits per heavy atom. The number of aromatic nitrogens is 1. The van der Waals surface area contributed by atoms with E-state index in [9.17, 15) is 4.79 Å². The Labute approximate surface area is 215 Å². The zero-order valence-electron chi connectivity index (χ0n) is 18.9. The van der Waals surface area contributed by atoms with E-state index < -0.39 is 5.91 Å². The van der Waals surface area contributed by atoms with Crippen molar-refractivity contribution < 1.29 is 13.6 Å². The van der Waals surface area contributed by atoms with Crippen LogP contribution in [0.3, 0.4) is 0 Å². The van der Waals surface area contributed by atoms with Gasteiger partial charge >= 0.3 is 0 Å². The number of carbonyl (C=O) groups excluding carboxylic acids is 1. The minimum absolute atomic E-state index is 0.147. The standard InChI is InChI=1S/C27H20BrN3O3S/c1-15-11-16(2)13-18(12-15)26-30-21-14-20(7-8-23(21)34-26)29-27(35)31-25(32)24-10-9-22(33-24)17-3-5-19(28)6-4-17/h3-14H,1-2H3,(H2,29,31,32,35). The maximum atomic E-state index is 12.6. The van der Waals surface area contributed by atoms with Crippen LogP contribution in [0.25, 0.3) is 33.9 Å². The van der Waals surface area contributed by atoms with Gasteiger partial charge in [-0.05, 0) is 80.7 Å². The highest BCUT2D eigenvalue weighted by atomic mass is 79.9. The van der Waals surface area contributed by atoms with Crippen LogP contribution in [0.1, 0.15) is 21.7 Å². The molecule has 0 unspecified atom stereocenters. The number of aryl methyl sites for hydroxylation is 2. The molecule has 0 aliphatic carbocycles. The zero-order valence-corrected chi connectivity index (χ0v) is 21.3. The van der Waals surface area contributed by atoms with Crippen LogP contribution in [-0.4, -0.2) is 16.0 Å². The molecule has 1 amide bonds. The van der Waals surface area contributed by atoms with E-state index in [-0.39, 0.29) is 10.9 Å². The Hall–Kier alpha value is -3.75. The lowest BCUT2D eigenvalue weighted by atomic mass is 10.1. The van der Waals surface area contributed by atoms with Crippen LogP contribution < -0.4 is 10.6 Å². The lowest BCUT2D eigenvalue weighted by Crippen LogP contribution is -2.33. The molecule has 174 valence electrons. The first-order chi connectivity index (χ1) is 16.8. The number of oxazole rings is 1. The van der Waals surface area contributed by atoms with Gasteiger partial charge in [0.2, 0.25) is 5.89 Å². The van der Waals surface area contributed by atoms with E-state index in [1.165, 1.54) is 0 Å². The van der Waals surface area contributed by atoms with Crippen LogP contribution in [0.4, 0.5) is 5.69 Å². The van der Waals surface area contributed by atoms with E-state index in [0.717, 1.165) is 26.7 Å². The van der Waals surface area contributed by atoms with Gasteiger partial charge < -0.3 is 14.2 Å². The van der Waals surface area contributed by atoms with Crippen LogP contribution in [0.5, 0.6) is 0 Å². The number of thiocarbonyl (C=S) groups is 1. The first kappa shape index (κ1) is 23.0. The van der Waals surface area contributed by atoms with E-state index in [2.05, 4.69) is 37.6 Å². The molecule has 0 atom stereocenters. The summed E-state index contributed by atoms with van der Waals surface area (Å²) in [6.07, 6.45) is 0. The van der Waals surface area contributed by atoms with Crippen LogP contribution in [0.15, 0.2) is 86.1 Å². The zero-order chi connectivity index (χ0) is 24.5. The van der Waals surface area contributed by atoms with E-state index in [4.69, 9.17) is 21.1 Å². The summed E-state index contributed by atoms with van der Waals surface area (Å²) in [5.41, 5.74) is 6.11. The molecule has 5 rings (SSSR count). The van der Waals surface area contributed by atoms with Gasteiger partial charge in [0.25, 0.3) is 5.91 Å². The number of benzene rings is 3. The fourth-order valence-electron chi connectivity index (χ4n) is 3.78. The smallest absolute Gasteiger partial charge is 0.293 e. The summed E-state index contributed by atoms with van der Waals surface area (Å²) in [5.74, 6) is 0.874. The Kier molecular flexibility index (Phi) is 6.23. The van der Waals surface area contributed by atoms with Crippen molar-refractivity contribution in [2.75, 3.05) is 5.32 Å². The highest BCUT2D eigenvalue weighted by Gasteiger charge is 2.15. The Morgan fingerprint density at radius 2 is 1.63 bits per heavy atom. The second-order valence-corrected chi connectivity index (χ2v) is 9.48. The third-order valence-corrected chi connectivity index (χ3v) is 6.03. The fraction of sp³-hybridized carbons (Fsp3) is 0.0741. The summed E-state index contributed by atoms with van der Waals surface area (Å²) in [4.78, 5) is 17.2. The highest BCUT2D eigenvalue weighted by molar-refractivity contribution is 9.10. The number of carbonyl (C=O) groups is 1. The number of anilines is 1. The lowest BCUT2D eigenvalue weighted by molar-refractivity contribution is 0.0951. The van der Waals surface area contributed by atoms with Crippen molar-refractivity contribution >= 4 is 56.0 Å². The van der Waals surface area contributed by atoms with Gasteiger partial charge in [-0.1, -0.05) is 45.3 Å². The Bertz CT molecular complexity index is 1550. The number of fused-ring (bicyclic) bond motifs is 1. The normalized spacial score (nSPS) is 10.9. The largest absolute Gasteiger partial charge is 0.451 e. The van der Waals surface area contributed by atoms with Gasteiger partial charge in [0, 0.05) is 21.3 Å². The van der Waals surface area contributed by atoms with E-state index >= 15 is 0 Å². The van der Waals surface area contributed by atoms with Gasteiger partial charge in [0.15, 0.2) is 16.5 Å². The molecule has 8 heteroatoms. The molecule has 2 heterocycles. The van der Waals surface area contributed by atoms with Crippen molar-refractivity contribution in [2.45, 2.75) is 13.8 Å². The first-order valence-electron chi connectivity index (χ1n) is 10.8. The summed E-state index contributed by atoms with van der Waals surface area (Å²) >= 11 is 8.73. The van der Waals surface area contributed by atoms with Crippen molar-refractivity contribution in [3.05, 3.63) is 94.2 Å². The fourth-order valence-corrected chi connectivity index (χ4v) is 4.26. The van der Waals surface area contributed by atoms with Gasteiger partial charge in [0.05, 0.1) is 0 Å².